The summed E-state index contributed by atoms with van der Waals surface area (Å²) in [5.74, 6) is 1.17. The monoisotopic (exact) mass is 403 g/mol. The topological polar surface area (TPSA) is 80.6 Å². The molecule has 4 aromatic heterocycles. The predicted octanol–water partition coefficient (Wildman–Crippen LogP) is 2.93. The van der Waals surface area contributed by atoms with E-state index < -0.39 is 0 Å². The molecule has 8 heteroatoms. The molecule has 0 atom stereocenters. The largest absolute Gasteiger partial charge is 0.458 e. The summed E-state index contributed by atoms with van der Waals surface area (Å²) in [7, 11) is 0. The lowest BCUT2D eigenvalue weighted by Crippen LogP contribution is -2.32. The molecule has 5 aromatic rings. The highest BCUT2D eigenvalue weighted by Gasteiger charge is 2.25. The Balaban J connectivity index is 1.86. The maximum Gasteiger partial charge on any atom is 0.458 e. The molecule has 29 heavy (non-hydrogen) atoms. The Bertz CT molecular complexity index is 1420. The third kappa shape index (κ3) is 2.96. The summed E-state index contributed by atoms with van der Waals surface area (Å²) in [6.07, 6.45) is 5.21. The summed E-state index contributed by atoms with van der Waals surface area (Å²) >= 11 is 6.50. The number of halogens is 1. The normalized spacial score (nSPS) is 11.4. The Morgan fingerprint density at radius 3 is 2.79 bits per heavy atom. The average Bonchev–Trinajstić information content (AvgIpc) is 3.10. The van der Waals surface area contributed by atoms with Crippen LogP contribution in [-0.4, -0.2) is 24.6 Å². The van der Waals surface area contributed by atoms with Gasteiger partial charge in [0.2, 0.25) is 5.82 Å². The van der Waals surface area contributed by atoms with Crippen molar-refractivity contribution in [2.75, 3.05) is 0 Å². The van der Waals surface area contributed by atoms with Crippen LogP contribution in [0.1, 0.15) is 11.4 Å². The van der Waals surface area contributed by atoms with Gasteiger partial charge in [0.15, 0.2) is 11.2 Å². The van der Waals surface area contributed by atoms with Crippen molar-refractivity contribution in [3.8, 4) is 11.3 Å². The number of rotatable bonds is 3. The molecule has 0 saturated heterocycles. The van der Waals surface area contributed by atoms with E-state index in [4.69, 9.17) is 11.6 Å². The highest BCUT2D eigenvalue weighted by molar-refractivity contribution is 6.33. The van der Waals surface area contributed by atoms with E-state index in [1.54, 1.807) is 33.7 Å². The summed E-state index contributed by atoms with van der Waals surface area (Å²) in [6.45, 7) is 2.26. The lowest BCUT2D eigenvalue weighted by atomic mass is 10.1. The van der Waals surface area contributed by atoms with Gasteiger partial charge in [-0.3, -0.25) is 9.78 Å². The van der Waals surface area contributed by atoms with Gasteiger partial charge in [-0.05, 0) is 29.8 Å². The SMILES string of the molecule is Cc1nc2nc3ccn(Cc4cccnc4)c(=O)c3c(-c3ccccc3Cl)[n+]2[nH]1. The van der Waals surface area contributed by atoms with Crippen LogP contribution in [0, 0.1) is 6.92 Å². The molecule has 0 fully saturated rings. The molecular weight excluding hydrogens is 388 g/mol. The number of benzene rings is 1. The van der Waals surface area contributed by atoms with Gasteiger partial charge in [-0.1, -0.05) is 39.8 Å². The van der Waals surface area contributed by atoms with Crippen molar-refractivity contribution in [1.29, 1.82) is 0 Å². The van der Waals surface area contributed by atoms with Crippen molar-refractivity contribution in [2.45, 2.75) is 13.5 Å². The van der Waals surface area contributed by atoms with Crippen molar-refractivity contribution in [3.63, 3.8) is 0 Å². The first-order valence-electron chi connectivity index (χ1n) is 9.07. The summed E-state index contributed by atoms with van der Waals surface area (Å²) in [6, 6.07) is 13.1. The summed E-state index contributed by atoms with van der Waals surface area (Å²) in [4.78, 5) is 26.6. The zero-order chi connectivity index (χ0) is 20.0. The van der Waals surface area contributed by atoms with Crippen LogP contribution >= 0.6 is 11.6 Å². The van der Waals surface area contributed by atoms with Crippen molar-refractivity contribution in [2.24, 2.45) is 0 Å². The second-order valence-corrected chi connectivity index (χ2v) is 7.16. The highest BCUT2D eigenvalue weighted by atomic mass is 35.5. The number of nitrogens with zero attached hydrogens (tertiary/aromatic N) is 5. The zero-order valence-corrected chi connectivity index (χ0v) is 16.3. The molecule has 1 aromatic carbocycles. The van der Waals surface area contributed by atoms with Gasteiger partial charge in [0.1, 0.15) is 5.39 Å². The third-order valence-electron chi connectivity index (χ3n) is 4.77. The number of aromatic nitrogens is 6. The van der Waals surface area contributed by atoms with E-state index in [9.17, 15) is 4.79 Å². The van der Waals surface area contributed by atoms with Gasteiger partial charge in [-0.25, -0.2) is 5.10 Å². The van der Waals surface area contributed by atoms with Gasteiger partial charge in [0, 0.05) is 31.1 Å². The number of pyridine rings is 2. The predicted molar refractivity (Wildman–Crippen MR) is 110 cm³/mol. The van der Waals surface area contributed by atoms with Gasteiger partial charge < -0.3 is 4.57 Å². The van der Waals surface area contributed by atoms with E-state index in [0.717, 1.165) is 11.1 Å². The minimum absolute atomic E-state index is 0.157. The number of hydrogen-bond donors (Lipinski definition) is 1. The quantitative estimate of drug-likeness (QED) is 0.470. The molecule has 0 aliphatic rings. The molecule has 0 aliphatic carbocycles. The molecule has 4 heterocycles. The van der Waals surface area contributed by atoms with Gasteiger partial charge in [0.05, 0.1) is 11.6 Å². The van der Waals surface area contributed by atoms with Crippen molar-refractivity contribution in [1.82, 2.24) is 24.6 Å². The Labute approximate surface area is 170 Å². The molecule has 0 aliphatic heterocycles. The van der Waals surface area contributed by atoms with Crippen LogP contribution in [-0.2, 0) is 6.54 Å². The lowest BCUT2D eigenvalue weighted by Gasteiger charge is -2.09. The van der Waals surface area contributed by atoms with Crippen LogP contribution in [0.3, 0.4) is 0 Å². The molecule has 142 valence electrons. The average molecular weight is 404 g/mol. The van der Waals surface area contributed by atoms with Crippen LogP contribution in [0.5, 0.6) is 0 Å². The Hall–Kier alpha value is -3.58. The molecule has 7 nitrogen and oxygen atoms in total. The molecule has 0 unspecified atom stereocenters. The molecule has 5 rings (SSSR count). The first kappa shape index (κ1) is 17.5. The third-order valence-corrected chi connectivity index (χ3v) is 5.10. The minimum Gasteiger partial charge on any atom is -0.310 e. The van der Waals surface area contributed by atoms with Gasteiger partial charge >= 0.3 is 5.78 Å². The molecular formula is C21H16ClN6O+. The number of fused-ring (bicyclic) bond motifs is 2. The Morgan fingerprint density at radius 2 is 2.00 bits per heavy atom. The first-order valence-corrected chi connectivity index (χ1v) is 9.45. The van der Waals surface area contributed by atoms with E-state index in [1.165, 1.54) is 0 Å². The van der Waals surface area contributed by atoms with E-state index in [1.807, 2.05) is 43.3 Å². The zero-order valence-electron chi connectivity index (χ0n) is 15.5. The van der Waals surface area contributed by atoms with Crippen LogP contribution in [0.15, 0.2) is 65.8 Å². The second-order valence-electron chi connectivity index (χ2n) is 6.75. The minimum atomic E-state index is -0.157. The maximum atomic E-state index is 13.5. The van der Waals surface area contributed by atoms with E-state index in [-0.39, 0.29) is 5.56 Å². The molecule has 0 radical (unpaired) electrons. The second kappa shape index (κ2) is 6.79. The van der Waals surface area contributed by atoms with Crippen LogP contribution in [0.2, 0.25) is 5.02 Å². The fourth-order valence-corrected chi connectivity index (χ4v) is 3.71. The number of aryl methyl sites for hydroxylation is 1. The maximum absolute atomic E-state index is 13.5. The fraction of sp³-hybridized carbons (Fsp3) is 0.0952. The number of nitrogens with one attached hydrogen (secondary N) is 1. The van der Waals surface area contributed by atoms with Crippen LogP contribution in [0.4, 0.5) is 0 Å². The molecule has 0 amide bonds. The molecule has 0 bridgehead atoms. The van der Waals surface area contributed by atoms with E-state index in [2.05, 4.69) is 20.1 Å². The standard InChI is InChI=1S/C21H15ClN6O/c1-13-24-21-25-17-8-10-27(12-14-5-4-9-23-11-14)20(29)18(17)19(28(21)26-13)15-6-2-3-7-16(15)22/h2-11H,12H2,1H3/p+1. The van der Waals surface area contributed by atoms with Crippen LogP contribution < -0.4 is 10.1 Å². The lowest BCUT2D eigenvalue weighted by molar-refractivity contribution is -0.567. The number of hydrogen-bond acceptors (Lipinski definition) is 4. The van der Waals surface area contributed by atoms with Crippen LogP contribution in [0.25, 0.3) is 27.9 Å². The number of aromatic amines is 1. The van der Waals surface area contributed by atoms with Gasteiger partial charge in [-0.15, -0.1) is 4.52 Å². The van der Waals surface area contributed by atoms with E-state index in [0.29, 0.717) is 39.8 Å². The Kier molecular flexibility index (Phi) is 4.10. The van der Waals surface area contributed by atoms with E-state index >= 15 is 0 Å². The van der Waals surface area contributed by atoms with Gasteiger partial charge in [0.25, 0.3) is 5.56 Å². The summed E-state index contributed by atoms with van der Waals surface area (Å²) in [5.41, 5.74) is 2.72. The first-order chi connectivity index (χ1) is 14.1. The highest BCUT2D eigenvalue weighted by Crippen LogP contribution is 2.28. The van der Waals surface area contributed by atoms with Crippen molar-refractivity contribution in [3.05, 3.63) is 87.8 Å². The summed E-state index contributed by atoms with van der Waals surface area (Å²) < 4.78 is 3.37. The van der Waals surface area contributed by atoms with Crippen molar-refractivity contribution >= 4 is 28.3 Å². The smallest absolute Gasteiger partial charge is 0.310 e. The summed E-state index contributed by atoms with van der Waals surface area (Å²) in [5, 5.41) is 4.19. The number of H-pyrrole nitrogens is 1. The fourth-order valence-electron chi connectivity index (χ4n) is 3.49. The Morgan fingerprint density at radius 1 is 1.14 bits per heavy atom. The molecule has 1 N–H and O–H groups in total. The molecule has 0 saturated carbocycles. The molecule has 0 spiro atoms. The van der Waals surface area contributed by atoms with Gasteiger partial charge in [-0.2, -0.15) is 0 Å². The van der Waals surface area contributed by atoms with Crippen molar-refractivity contribution < 1.29 is 4.52 Å².